The van der Waals surface area contributed by atoms with E-state index in [1.807, 2.05) is 18.2 Å². The number of aromatic hydroxyl groups is 1. The predicted octanol–water partition coefficient (Wildman–Crippen LogP) is 3.51. The minimum Gasteiger partial charge on any atom is -0.492 e. The molecule has 0 radical (unpaired) electrons. The van der Waals surface area contributed by atoms with Crippen LogP contribution in [0.1, 0.15) is 43.4 Å². The fraction of sp³-hybridized carbons (Fsp3) is 0.353. The van der Waals surface area contributed by atoms with Gasteiger partial charge in [0.1, 0.15) is 5.69 Å². The van der Waals surface area contributed by atoms with E-state index in [0.717, 1.165) is 24.0 Å². The molecule has 2 aromatic rings. The molecule has 1 fully saturated rings. The van der Waals surface area contributed by atoms with Gasteiger partial charge in [0.05, 0.1) is 0 Å². The van der Waals surface area contributed by atoms with Gasteiger partial charge in [-0.15, -0.1) is 0 Å². The molecule has 6 nitrogen and oxygen atoms in total. The average molecular weight is 309 g/mol. The van der Waals surface area contributed by atoms with Crippen molar-refractivity contribution in [3.05, 3.63) is 29.6 Å². The van der Waals surface area contributed by atoms with Crippen molar-refractivity contribution in [1.29, 1.82) is 0 Å². The number of aliphatic imine (C=N–C) groups is 1. The third-order valence-corrected chi connectivity index (χ3v) is 4.38. The van der Waals surface area contributed by atoms with Crippen molar-refractivity contribution in [3.63, 3.8) is 0 Å². The molecule has 1 aliphatic heterocycles. The molecule has 2 aromatic heterocycles. The van der Waals surface area contributed by atoms with E-state index in [9.17, 15) is 5.11 Å². The van der Waals surface area contributed by atoms with E-state index in [4.69, 9.17) is 0 Å². The molecular weight excluding hydrogens is 290 g/mol. The number of anilines is 1. The number of fused-ring (bicyclic) bond motifs is 1. The Labute approximate surface area is 134 Å². The number of imidazole rings is 1. The van der Waals surface area contributed by atoms with Gasteiger partial charge in [0, 0.05) is 29.6 Å². The Bertz CT molecular complexity index is 771. The van der Waals surface area contributed by atoms with Gasteiger partial charge in [-0.1, -0.05) is 19.3 Å². The van der Waals surface area contributed by atoms with Gasteiger partial charge in [-0.25, -0.2) is 9.98 Å². The lowest BCUT2D eigenvalue weighted by atomic mass is 9.96. The molecule has 0 aromatic carbocycles. The SMILES string of the molecule is Oc1nc(NC2CCCCC2)[nH]c1/C=C1\C=Nc2ncccc21. The van der Waals surface area contributed by atoms with Crippen LogP contribution in [0.15, 0.2) is 23.3 Å². The van der Waals surface area contributed by atoms with Crippen LogP contribution in [0.25, 0.3) is 11.6 Å². The molecular formula is C17H19N5O. The first-order valence-corrected chi connectivity index (χ1v) is 8.06. The summed E-state index contributed by atoms with van der Waals surface area (Å²) < 4.78 is 0. The zero-order valence-corrected chi connectivity index (χ0v) is 12.8. The highest BCUT2D eigenvalue weighted by Crippen LogP contribution is 2.32. The fourth-order valence-corrected chi connectivity index (χ4v) is 3.18. The monoisotopic (exact) mass is 309 g/mol. The van der Waals surface area contributed by atoms with E-state index < -0.39 is 0 Å². The quantitative estimate of drug-likeness (QED) is 0.809. The summed E-state index contributed by atoms with van der Waals surface area (Å²) in [6, 6.07) is 4.28. The Balaban J connectivity index is 1.56. The molecule has 4 rings (SSSR count). The molecule has 0 amide bonds. The molecule has 23 heavy (non-hydrogen) atoms. The predicted molar refractivity (Wildman–Crippen MR) is 91.0 cm³/mol. The van der Waals surface area contributed by atoms with Crippen LogP contribution in [0.3, 0.4) is 0 Å². The third kappa shape index (κ3) is 2.84. The number of pyridine rings is 1. The number of aromatic nitrogens is 3. The first-order valence-electron chi connectivity index (χ1n) is 8.06. The second-order valence-corrected chi connectivity index (χ2v) is 6.03. The van der Waals surface area contributed by atoms with E-state index in [2.05, 4.69) is 25.3 Å². The first-order chi connectivity index (χ1) is 11.3. The lowest BCUT2D eigenvalue weighted by Gasteiger charge is -2.22. The van der Waals surface area contributed by atoms with Gasteiger partial charge in [0.2, 0.25) is 11.8 Å². The second-order valence-electron chi connectivity index (χ2n) is 6.03. The van der Waals surface area contributed by atoms with Crippen molar-refractivity contribution in [2.75, 3.05) is 5.32 Å². The van der Waals surface area contributed by atoms with Crippen LogP contribution in [-0.4, -0.2) is 32.3 Å². The molecule has 0 saturated heterocycles. The summed E-state index contributed by atoms with van der Waals surface area (Å²) in [5.41, 5.74) is 2.46. The average Bonchev–Trinajstić information content (AvgIpc) is 3.13. The molecule has 0 spiro atoms. The van der Waals surface area contributed by atoms with Gasteiger partial charge in [0.15, 0.2) is 5.82 Å². The van der Waals surface area contributed by atoms with Crippen molar-refractivity contribution in [3.8, 4) is 5.88 Å². The molecule has 3 heterocycles. The summed E-state index contributed by atoms with van der Waals surface area (Å²) in [6.07, 6.45) is 11.5. The summed E-state index contributed by atoms with van der Waals surface area (Å²) in [7, 11) is 0. The van der Waals surface area contributed by atoms with Crippen molar-refractivity contribution in [2.24, 2.45) is 4.99 Å². The van der Waals surface area contributed by atoms with Gasteiger partial charge in [-0.3, -0.25) is 0 Å². The summed E-state index contributed by atoms with van der Waals surface area (Å²) >= 11 is 0. The number of aromatic amines is 1. The molecule has 3 N–H and O–H groups in total. The summed E-state index contributed by atoms with van der Waals surface area (Å²) in [5, 5.41) is 13.5. The smallest absolute Gasteiger partial charge is 0.238 e. The van der Waals surface area contributed by atoms with Gasteiger partial charge >= 0.3 is 0 Å². The minimum atomic E-state index is 0.00143. The lowest BCUT2D eigenvalue weighted by molar-refractivity contribution is 0.452. The Hall–Kier alpha value is -2.63. The zero-order valence-electron chi connectivity index (χ0n) is 12.8. The lowest BCUT2D eigenvalue weighted by Crippen LogP contribution is -2.22. The highest BCUT2D eigenvalue weighted by atomic mass is 16.3. The summed E-state index contributed by atoms with van der Waals surface area (Å²) in [6.45, 7) is 0. The molecule has 1 aliphatic carbocycles. The van der Waals surface area contributed by atoms with E-state index in [1.165, 1.54) is 19.3 Å². The van der Waals surface area contributed by atoms with Gasteiger partial charge < -0.3 is 15.4 Å². The van der Waals surface area contributed by atoms with Crippen LogP contribution in [0, 0.1) is 0 Å². The molecule has 6 heteroatoms. The van der Waals surface area contributed by atoms with Crippen LogP contribution in [0.5, 0.6) is 5.88 Å². The summed E-state index contributed by atoms with van der Waals surface area (Å²) in [4.78, 5) is 15.8. The second kappa shape index (κ2) is 5.87. The van der Waals surface area contributed by atoms with Crippen LogP contribution in [0.2, 0.25) is 0 Å². The molecule has 0 bridgehead atoms. The number of nitrogens with one attached hydrogen (secondary N) is 2. The van der Waals surface area contributed by atoms with Crippen LogP contribution in [0.4, 0.5) is 11.8 Å². The van der Waals surface area contributed by atoms with Gasteiger partial charge in [0.25, 0.3) is 0 Å². The Morgan fingerprint density at radius 3 is 3.00 bits per heavy atom. The molecule has 0 unspecified atom stereocenters. The largest absolute Gasteiger partial charge is 0.492 e. The van der Waals surface area contributed by atoms with E-state index >= 15 is 0 Å². The number of H-pyrrole nitrogens is 1. The van der Waals surface area contributed by atoms with Crippen molar-refractivity contribution in [2.45, 2.75) is 38.1 Å². The highest BCUT2D eigenvalue weighted by Gasteiger charge is 2.17. The van der Waals surface area contributed by atoms with Crippen molar-refractivity contribution >= 4 is 29.6 Å². The highest BCUT2D eigenvalue weighted by molar-refractivity contribution is 6.20. The standard InChI is InChI=1S/C17H19N5O/c23-16-14(9-11-10-19-15-13(11)7-4-8-18-15)21-17(22-16)20-12-5-2-1-3-6-12/h4,7-10,12,23H,1-3,5-6H2,(H2,20,21,22)/b11-9+. The van der Waals surface area contributed by atoms with Crippen LogP contribution in [-0.2, 0) is 0 Å². The van der Waals surface area contributed by atoms with Gasteiger partial charge in [-0.05, 0) is 31.1 Å². The molecule has 0 atom stereocenters. The third-order valence-electron chi connectivity index (χ3n) is 4.38. The maximum Gasteiger partial charge on any atom is 0.238 e. The van der Waals surface area contributed by atoms with Crippen molar-refractivity contribution < 1.29 is 5.11 Å². The molecule has 118 valence electrons. The van der Waals surface area contributed by atoms with Crippen LogP contribution >= 0.6 is 0 Å². The van der Waals surface area contributed by atoms with Crippen LogP contribution < -0.4 is 5.32 Å². The number of hydrogen-bond acceptors (Lipinski definition) is 5. The maximum absolute atomic E-state index is 10.1. The Kier molecular flexibility index (Phi) is 3.57. The van der Waals surface area contributed by atoms with Gasteiger partial charge in [-0.2, -0.15) is 4.98 Å². The summed E-state index contributed by atoms with van der Waals surface area (Å²) in [5.74, 6) is 1.34. The minimum absolute atomic E-state index is 0.00143. The number of rotatable bonds is 3. The zero-order chi connectivity index (χ0) is 15.6. The molecule has 2 aliphatic rings. The van der Waals surface area contributed by atoms with Crippen molar-refractivity contribution in [1.82, 2.24) is 15.0 Å². The Morgan fingerprint density at radius 1 is 1.26 bits per heavy atom. The molecule has 1 saturated carbocycles. The van der Waals surface area contributed by atoms with E-state index in [1.54, 1.807) is 12.4 Å². The topological polar surface area (TPSA) is 86.2 Å². The maximum atomic E-state index is 10.1. The normalized spacial score (nSPS) is 19.2. The van der Waals surface area contributed by atoms with E-state index in [0.29, 0.717) is 23.5 Å². The van der Waals surface area contributed by atoms with E-state index in [-0.39, 0.29) is 5.88 Å². The number of nitrogens with zero attached hydrogens (tertiary/aromatic N) is 3. The Morgan fingerprint density at radius 2 is 2.13 bits per heavy atom. The number of hydrogen-bond donors (Lipinski definition) is 3. The fourth-order valence-electron chi connectivity index (χ4n) is 3.18. The number of allylic oxidation sites excluding steroid dienone is 1. The first kappa shape index (κ1) is 14.0.